The normalized spacial score (nSPS) is 17.9. The molecular formula is C18H18N2O. The van der Waals surface area contributed by atoms with Crippen LogP contribution in [0.4, 0.5) is 0 Å². The van der Waals surface area contributed by atoms with E-state index in [0.29, 0.717) is 0 Å². The van der Waals surface area contributed by atoms with Crippen molar-refractivity contribution in [3.05, 3.63) is 59.5 Å². The minimum atomic E-state index is -0.317. The van der Waals surface area contributed by atoms with Crippen molar-refractivity contribution >= 4 is 10.9 Å². The molecule has 0 saturated carbocycles. The summed E-state index contributed by atoms with van der Waals surface area (Å²) in [7, 11) is 0. The van der Waals surface area contributed by atoms with Gasteiger partial charge in [0.15, 0.2) is 0 Å². The second kappa shape index (κ2) is 4.71. The van der Waals surface area contributed by atoms with E-state index in [2.05, 4.69) is 34.7 Å². The van der Waals surface area contributed by atoms with Gasteiger partial charge in [-0.1, -0.05) is 18.2 Å². The second-order valence-electron chi connectivity index (χ2n) is 5.82. The van der Waals surface area contributed by atoms with Gasteiger partial charge in [0.1, 0.15) is 0 Å². The quantitative estimate of drug-likeness (QED) is 0.737. The van der Waals surface area contributed by atoms with Crippen LogP contribution < -0.4 is 0 Å². The predicted molar refractivity (Wildman–Crippen MR) is 83.7 cm³/mol. The van der Waals surface area contributed by atoms with Crippen LogP contribution in [-0.2, 0) is 6.42 Å². The van der Waals surface area contributed by atoms with Gasteiger partial charge in [-0.05, 0) is 44.4 Å². The zero-order valence-electron chi connectivity index (χ0n) is 12.1. The minimum Gasteiger partial charge on any atom is -0.388 e. The van der Waals surface area contributed by atoms with Crippen molar-refractivity contribution in [1.29, 1.82) is 0 Å². The summed E-state index contributed by atoms with van der Waals surface area (Å²) in [6, 6.07) is 12.5. The van der Waals surface area contributed by atoms with Crippen molar-refractivity contribution in [3.8, 4) is 5.69 Å². The molecule has 1 aliphatic carbocycles. The van der Waals surface area contributed by atoms with E-state index in [9.17, 15) is 5.11 Å². The first-order valence-corrected chi connectivity index (χ1v) is 7.48. The summed E-state index contributed by atoms with van der Waals surface area (Å²) < 4.78 is 2.25. The fourth-order valence-electron chi connectivity index (χ4n) is 3.42. The summed E-state index contributed by atoms with van der Waals surface area (Å²) in [5.74, 6) is 0. The Balaban J connectivity index is 1.92. The lowest BCUT2D eigenvalue weighted by molar-refractivity contribution is 0.156. The SMILES string of the molecule is Cc1cc2c(n1-c1cnc3ccccc3c1)CCCC2O. The monoisotopic (exact) mass is 278 g/mol. The van der Waals surface area contributed by atoms with Crippen LogP contribution in [0.1, 0.15) is 35.9 Å². The summed E-state index contributed by atoms with van der Waals surface area (Å²) in [5, 5.41) is 11.3. The number of aromatic nitrogens is 2. The Morgan fingerprint density at radius 2 is 2.10 bits per heavy atom. The van der Waals surface area contributed by atoms with Crippen molar-refractivity contribution in [3.63, 3.8) is 0 Å². The molecule has 21 heavy (non-hydrogen) atoms. The Kier molecular flexibility index (Phi) is 2.82. The molecule has 0 fully saturated rings. The van der Waals surface area contributed by atoms with Gasteiger partial charge in [0.05, 0.1) is 23.5 Å². The largest absolute Gasteiger partial charge is 0.388 e. The summed E-state index contributed by atoms with van der Waals surface area (Å²) in [5.41, 5.74) is 5.59. The van der Waals surface area contributed by atoms with Gasteiger partial charge in [0, 0.05) is 22.3 Å². The van der Waals surface area contributed by atoms with Gasteiger partial charge in [-0.3, -0.25) is 4.98 Å². The molecule has 3 aromatic rings. The van der Waals surface area contributed by atoms with Crippen molar-refractivity contribution in [2.75, 3.05) is 0 Å². The number of para-hydroxylation sites is 1. The molecular weight excluding hydrogens is 260 g/mol. The van der Waals surface area contributed by atoms with Crippen molar-refractivity contribution in [2.24, 2.45) is 0 Å². The summed E-state index contributed by atoms with van der Waals surface area (Å²) >= 11 is 0. The maximum atomic E-state index is 10.2. The topological polar surface area (TPSA) is 38.0 Å². The minimum absolute atomic E-state index is 0.317. The van der Waals surface area contributed by atoms with Crippen LogP contribution in [0.2, 0.25) is 0 Å². The maximum absolute atomic E-state index is 10.2. The molecule has 2 aromatic heterocycles. The highest BCUT2D eigenvalue weighted by molar-refractivity contribution is 5.80. The lowest BCUT2D eigenvalue weighted by atomic mass is 9.95. The van der Waals surface area contributed by atoms with Crippen molar-refractivity contribution < 1.29 is 5.11 Å². The molecule has 1 aromatic carbocycles. The number of hydrogen-bond donors (Lipinski definition) is 1. The number of nitrogens with zero attached hydrogens (tertiary/aromatic N) is 2. The highest BCUT2D eigenvalue weighted by Gasteiger charge is 2.23. The Bertz CT molecular complexity index is 819. The third kappa shape index (κ3) is 1.96. The van der Waals surface area contributed by atoms with E-state index in [0.717, 1.165) is 47.1 Å². The fourth-order valence-corrected chi connectivity index (χ4v) is 3.42. The first-order valence-electron chi connectivity index (χ1n) is 7.48. The molecule has 0 saturated heterocycles. The number of rotatable bonds is 1. The van der Waals surface area contributed by atoms with E-state index >= 15 is 0 Å². The van der Waals surface area contributed by atoms with Crippen molar-refractivity contribution in [1.82, 2.24) is 9.55 Å². The molecule has 1 unspecified atom stereocenters. The zero-order chi connectivity index (χ0) is 14.4. The maximum Gasteiger partial charge on any atom is 0.0807 e. The van der Waals surface area contributed by atoms with Crippen LogP contribution in [0.15, 0.2) is 42.6 Å². The Morgan fingerprint density at radius 1 is 1.24 bits per heavy atom. The summed E-state index contributed by atoms with van der Waals surface area (Å²) in [6.45, 7) is 2.10. The molecule has 4 rings (SSSR count). The molecule has 3 heteroatoms. The van der Waals surface area contributed by atoms with E-state index in [4.69, 9.17) is 0 Å². The average Bonchev–Trinajstić information content (AvgIpc) is 2.84. The van der Waals surface area contributed by atoms with Gasteiger partial charge in [0.2, 0.25) is 0 Å². The van der Waals surface area contributed by atoms with E-state index in [1.165, 1.54) is 5.69 Å². The molecule has 3 nitrogen and oxygen atoms in total. The standard InChI is InChI=1S/C18H18N2O/c1-12-9-15-17(7-4-8-18(15)21)20(12)14-10-13-5-2-3-6-16(13)19-11-14/h2-3,5-6,9-11,18,21H,4,7-8H2,1H3. The van der Waals surface area contributed by atoms with E-state index in [-0.39, 0.29) is 6.10 Å². The van der Waals surface area contributed by atoms with Crippen LogP contribution in [-0.4, -0.2) is 14.7 Å². The average molecular weight is 278 g/mol. The van der Waals surface area contributed by atoms with Gasteiger partial charge in [-0.2, -0.15) is 0 Å². The Morgan fingerprint density at radius 3 is 3.00 bits per heavy atom. The number of pyridine rings is 1. The molecule has 0 amide bonds. The second-order valence-corrected chi connectivity index (χ2v) is 5.82. The number of aryl methyl sites for hydroxylation is 1. The highest BCUT2D eigenvalue weighted by atomic mass is 16.3. The molecule has 0 aliphatic heterocycles. The molecule has 0 spiro atoms. The number of aliphatic hydroxyl groups excluding tert-OH is 1. The third-order valence-electron chi connectivity index (χ3n) is 4.40. The van der Waals surface area contributed by atoms with Crippen LogP contribution in [0.5, 0.6) is 0 Å². The van der Waals surface area contributed by atoms with Crippen LogP contribution in [0.3, 0.4) is 0 Å². The van der Waals surface area contributed by atoms with E-state index in [1.807, 2.05) is 24.4 Å². The Labute approximate surface area is 123 Å². The van der Waals surface area contributed by atoms with Crippen molar-refractivity contribution in [2.45, 2.75) is 32.3 Å². The first-order chi connectivity index (χ1) is 10.2. The first kappa shape index (κ1) is 12.6. The molecule has 0 bridgehead atoms. The van der Waals surface area contributed by atoms with Crippen LogP contribution in [0, 0.1) is 6.92 Å². The summed E-state index contributed by atoms with van der Waals surface area (Å²) in [4.78, 5) is 4.56. The molecule has 106 valence electrons. The molecule has 1 N–H and O–H groups in total. The number of aliphatic hydroxyl groups is 1. The van der Waals surface area contributed by atoms with Crippen LogP contribution >= 0.6 is 0 Å². The molecule has 1 atom stereocenters. The van der Waals surface area contributed by atoms with Gasteiger partial charge < -0.3 is 9.67 Å². The number of benzene rings is 1. The predicted octanol–water partition coefficient (Wildman–Crippen LogP) is 3.70. The van der Waals surface area contributed by atoms with Gasteiger partial charge in [-0.15, -0.1) is 0 Å². The van der Waals surface area contributed by atoms with Crippen LogP contribution in [0.25, 0.3) is 16.6 Å². The van der Waals surface area contributed by atoms with E-state index in [1.54, 1.807) is 0 Å². The zero-order valence-corrected chi connectivity index (χ0v) is 12.1. The Hall–Kier alpha value is -2.13. The molecule has 1 aliphatic rings. The molecule has 2 heterocycles. The lowest BCUT2D eigenvalue weighted by Crippen LogP contribution is -2.11. The highest BCUT2D eigenvalue weighted by Crippen LogP contribution is 2.34. The molecule has 0 radical (unpaired) electrons. The van der Waals surface area contributed by atoms with E-state index < -0.39 is 0 Å². The third-order valence-corrected chi connectivity index (χ3v) is 4.40. The smallest absolute Gasteiger partial charge is 0.0807 e. The van der Waals surface area contributed by atoms with Gasteiger partial charge in [0.25, 0.3) is 0 Å². The summed E-state index contributed by atoms with van der Waals surface area (Å²) in [6.07, 6.45) is 4.54. The lowest BCUT2D eigenvalue weighted by Gasteiger charge is -2.20. The number of hydrogen-bond acceptors (Lipinski definition) is 2. The van der Waals surface area contributed by atoms with Gasteiger partial charge in [-0.25, -0.2) is 0 Å². The fraction of sp³-hybridized carbons (Fsp3) is 0.278. The van der Waals surface area contributed by atoms with Gasteiger partial charge >= 0.3 is 0 Å². The number of fused-ring (bicyclic) bond motifs is 2.